The summed E-state index contributed by atoms with van der Waals surface area (Å²) in [5, 5.41) is 41.4. The second kappa shape index (κ2) is 48.1. The standard InChI is InChI=1S/4C18H15P.C10H5ClN2.C9H5ClIN.2CN.Pd.Zn/c4*1-4-10-16(11-5-1)19(17-12-6-2-7-13-17)18-14-8-3-9-15-18;11-8-1-2-9-7(6-12)3-4-13-10(9)5-8;10-6-1-2-7-8(11)3-4-12-9(7)5-6;2*1-2;;/h4*1-15H;1-5H;1-5H;;;;/q;;;;;;2*-1;;+2. The number of benzene rings is 14. The first-order chi connectivity index (χ1) is 51.9. The average molecular weight is 1750 g/mol. The van der Waals surface area contributed by atoms with E-state index in [4.69, 9.17) is 52.1 Å². The first-order valence-electron chi connectivity index (χ1n) is 33.3. The largest absolute Gasteiger partial charge is 2.00 e. The first-order valence-corrected chi connectivity index (χ1v) is 40.5. The molecular weight excluding hydrogens is 1680 g/mol. The summed E-state index contributed by atoms with van der Waals surface area (Å²) < 4.78 is 1.20. The summed E-state index contributed by atoms with van der Waals surface area (Å²) in [6.07, 6.45) is 3.40. The van der Waals surface area contributed by atoms with Crippen LogP contribution in [-0.4, -0.2) is 9.97 Å². The zero-order valence-corrected chi connectivity index (χ0v) is 69.9. The summed E-state index contributed by atoms with van der Waals surface area (Å²) in [6.45, 7) is 9.50. The van der Waals surface area contributed by atoms with Gasteiger partial charge >= 0.3 is 19.5 Å². The van der Waals surface area contributed by atoms with E-state index in [1.54, 1.807) is 30.6 Å². The number of nitriles is 1. The van der Waals surface area contributed by atoms with Gasteiger partial charge in [0, 0.05) is 57.2 Å². The minimum atomic E-state index is -0.446. The molecule has 0 fully saturated rings. The third-order valence-electron chi connectivity index (χ3n) is 15.6. The zero-order valence-electron chi connectivity index (χ0n) is 58.1. The number of hydrogen-bond acceptors (Lipinski definition) is 5. The summed E-state index contributed by atoms with van der Waals surface area (Å²) in [7, 11) is -1.78. The summed E-state index contributed by atoms with van der Waals surface area (Å²) >= 11 is 13.9. The Labute approximate surface area is 685 Å². The van der Waals surface area contributed by atoms with Crippen LogP contribution in [0.3, 0.4) is 0 Å². The Balaban J connectivity index is 0.000000178. The number of pyridine rings is 2. The molecule has 520 valence electrons. The monoisotopic (exact) mass is 1750 g/mol. The quantitative estimate of drug-likeness (QED) is 0.0525. The molecule has 0 aliphatic carbocycles. The van der Waals surface area contributed by atoms with Crippen LogP contribution in [0.2, 0.25) is 10.0 Å². The number of rotatable bonds is 12. The molecule has 0 saturated carbocycles. The van der Waals surface area contributed by atoms with E-state index in [0.29, 0.717) is 10.6 Å². The minimum absolute atomic E-state index is 0. The van der Waals surface area contributed by atoms with E-state index in [9.17, 15) is 0 Å². The van der Waals surface area contributed by atoms with Crippen LogP contribution in [0.15, 0.2) is 425 Å². The average Bonchev–Trinajstić information content (AvgIpc) is 0.848. The molecule has 2 heterocycles. The second-order valence-electron chi connectivity index (χ2n) is 22.5. The van der Waals surface area contributed by atoms with Crippen molar-refractivity contribution in [3.63, 3.8) is 0 Å². The van der Waals surface area contributed by atoms with Gasteiger partial charge in [0.25, 0.3) is 0 Å². The third kappa shape index (κ3) is 26.0. The van der Waals surface area contributed by atoms with Gasteiger partial charge in [-0.3, -0.25) is 9.97 Å². The van der Waals surface area contributed by atoms with Crippen molar-refractivity contribution in [2.75, 3.05) is 0 Å². The van der Waals surface area contributed by atoms with Gasteiger partial charge in [-0.1, -0.05) is 393 Å². The van der Waals surface area contributed by atoms with Crippen LogP contribution in [0.1, 0.15) is 5.56 Å². The molecule has 2 aromatic heterocycles. The van der Waals surface area contributed by atoms with E-state index in [1.165, 1.54) is 67.2 Å². The van der Waals surface area contributed by atoms with E-state index in [-0.39, 0.29) is 39.9 Å². The number of fused-ring (bicyclic) bond motifs is 2. The van der Waals surface area contributed by atoms with Crippen molar-refractivity contribution in [1.29, 1.82) is 15.8 Å². The molecule has 16 rings (SSSR count). The van der Waals surface area contributed by atoms with Crippen LogP contribution >= 0.6 is 77.5 Å². The normalized spacial score (nSPS) is 9.93. The molecule has 14 heteroatoms. The van der Waals surface area contributed by atoms with Crippen LogP contribution in [-0.2, 0) is 39.9 Å². The Morgan fingerprint density at radius 1 is 0.262 bits per heavy atom. The molecule has 16 aromatic rings. The molecule has 0 spiro atoms. The molecule has 0 radical (unpaired) electrons. The number of aromatic nitrogens is 2. The van der Waals surface area contributed by atoms with Crippen LogP contribution in [0, 0.1) is 38.6 Å². The van der Waals surface area contributed by atoms with Crippen LogP contribution < -0.4 is 63.7 Å². The predicted octanol–water partition coefficient (Wildman–Crippen LogP) is 20.2. The van der Waals surface area contributed by atoms with Crippen LogP contribution in [0.4, 0.5) is 0 Å². The summed E-state index contributed by atoms with van der Waals surface area (Å²) in [5.41, 5.74) is 2.34. The molecule has 0 N–H and O–H groups in total. The zero-order chi connectivity index (χ0) is 73.5. The first kappa shape index (κ1) is 84.9. The van der Waals surface area contributed by atoms with Crippen molar-refractivity contribution in [1.82, 2.24) is 9.97 Å². The fraction of sp³-hybridized carbons (Fsp3) is 0. The molecule has 0 amide bonds. The van der Waals surface area contributed by atoms with Crippen molar-refractivity contribution in [3.05, 3.63) is 457 Å². The van der Waals surface area contributed by atoms with E-state index in [1.807, 2.05) is 30.3 Å². The molecule has 5 nitrogen and oxygen atoms in total. The van der Waals surface area contributed by atoms with Crippen molar-refractivity contribution in [2.45, 2.75) is 0 Å². The topological polar surface area (TPSA) is 97.2 Å². The van der Waals surface area contributed by atoms with Gasteiger partial charge in [0.1, 0.15) is 0 Å². The van der Waals surface area contributed by atoms with Gasteiger partial charge in [-0.05, 0) is 160 Å². The van der Waals surface area contributed by atoms with Gasteiger partial charge in [0.05, 0.1) is 22.7 Å². The molecule has 107 heavy (non-hydrogen) atoms. The van der Waals surface area contributed by atoms with Crippen LogP contribution in [0.5, 0.6) is 0 Å². The van der Waals surface area contributed by atoms with E-state index < -0.39 is 31.7 Å². The molecule has 14 aromatic carbocycles. The molecule has 0 bridgehead atoms. The fourth-order valence-electron chi connectivity index (χ4n) is 11.0. The van der Waals surface area contributed by atoms with Crippen molar-refractivity contribution in [3.8, 4) is 6.07 Å². The van der Waals surface area contributed by atoms with Gasteiger partial charge in [-0.25, -0.2) is 0 Å². The molecule has 0 unspecified atom stereocenters. The third-order valence-corrected chi connectivity index (χ3v) is 26.8. The summed E-state index contributed by atoms with van der Waals surface area (Å²) in [6, 6.07) is 146. The smallest absolute Gasteiger partial charge is 0.512 e. The Morgan fingerprint density at radius 2 is 0.439 bits per heavy atom. The molecular formula is C93H70Cl2IN5P4PdZn. The number of nitrogens with zero attached hydrogens (tertiary/aromatic N) is 5. The molecule has 0 saturated heterocycles. The molecule has 0 aliphatic rings. The van der Waals surface area contributed by atoms with Crippen molar-refractivity contribution >= 4 is 163 Å². The number of hydrogen-bond donors (Lipinski definition) is 0. The number of halogens is 3. The SMILES string of the molecule is Clc1ccc2c(I)ccnc2c1.N#Cc1ccnc2cc(Cl)ccc12.[C-]#N.[C-]#N.[Pd].[Zn+2].c1ccc(P(c2ccccc2)c2ccccc2)cc1.c1ccc(P(c2ccccc2)c2ccccc2)cc1.c1ccc(P(c2ccccc2)c2ccccc2)cc1.c1ccc(P(c2ccccc2)c2ccccc2)cc1. The van der Waals surface area contributed by atoms with Gasteiger partial charge in [0.2, 0.25) is 0 Å². The van der Waals surface area contributed by atoms with Gasteiger partial charge in [-0.2, -0.15) is 5.26 Å². The Kier molecular flexibility index (Phi) is 38.2. The second-order valence-corrected chi connectivity index (χ2v) is 33.4. The Hall–Kier alpha value is -9.31. The van der Waals surface area contributed by atoms with Crippen molar-refractivity contribution < 1.29 is 39.9 Å². The van der Waals surface area contributed by atoms with E-state index >= 15 is 0 Å². The van der Waals surface area contributed by atoms with Gasteiger partial charge in [0.15, 0.2) is 0 Å². The van der Waals surface area contributed by atoms with E-state index in [2.05, 4.69) is 403 Å². The molecule has 0 atom stereocenters. The summed E-state index contributed by atoms with van der Waals surface area (Å²) in [5.74, 6) is 0. The van der Waals surface area contributed by atoms with Crippen LogP contribution in [0.25, 0.3) is 21.8 Å². The van der Waals surface area contributed by atoms with Crippen molar-refractivity contribution in [2.24, 2.45) is 0 Å². The fourth-order valence-corrected chi connectivity index (χ4v) is 21.2. The maximum Gasteiger partial charge on any atom is 2.00 e. The summed E-state index contributed by atoms with van der Waals surface area (Å²) in [4.78, 5) is 8.33. The maximum atomic E-state index is 8.79. The maximum absolute atomic E-state index is 8.79. The van der Waals surface area contributed by atoms with E-state index in [0.717, 1.165) is 26.8 Å². The van der Waals surface area contributed by atoms with Gasteiger partial charge in [-0.15, -0.1) is 0 Å². The Bertz CT molecular complexity index is 4370. The predicted molar refractivity (Wildman–Crippen MR) is 461 cm³/mol. The molecule has 0 aliphatic heterocycles. The Morgan fingerprint density at radius 3 is 0.636 bits per heavy atom. The minimum Gasteiger partial charge on any atom is -0.512 e. The van der Waals surface area contributed by atoms with Gasteiger partial charge < -0.3 is 23.7 Å².